The third-order valence-electron chi connectivity index (χ3n) is 3.28. The average molecular weight is 460 g/mol. The zero-order chi connectivity index (χ0) is 19.8. The molecule has 1 N–H and O–H groups in total. The van der Waals surface area contributed by atoms with E-state index in [4.69, 9.17) is 9.15 Å². The average Bonchev–Trinajstić information content (AvgIpc) is 3.29. The first-order chi connectivity index (χ1) is 13.1. The van der Waals surface area contributed by atoms with E-state index in [1.807, 2.05) is 20.1 Å². The van der Waals surface area contributed by atoms with Gasteiger partial charge in [0, 0.05) is 6.54 Å². The van der Waals surface area contributed by atoms with Crippen molar-refractivity contribution < 1.29 is 13.5 Å². The Morgan fingerprint density at radius 2 is 2.07 bits per heavy atom. The van der Waals surface area contributed by atoms with Crippen LogP contribution in [0.15, 0.2) is 36.6 Å². The van der Waals surface area contributed by atoms with Crippen LogP contribution < -0.4 is 11.1 Å². The largest absolute Gasteiger partial charge is 0.446 e. The zero-order valence-electron chi connectivity index (χ0n) is 15.0. The number of rotatable bonds is 7. The van der Waals surface area contributed by atoms with Crippen LogP contribution in [0.3, 0.4) is 0 Å². The summed E-state index contributed by atoms with van der Waals surface area (Å²) >= 11 is 4.83. The van der Waals surface area contributed by atoms with E-state index in [1.165, 1.54) is 18.2 Å². The van der Waals surface area contributed by atoms with Crippen molar-refractivity contribution in [3.63, 3.8) is 0 Å². The lowest BCUT2D eigenvalue weighted by atomic mass is 10.3. The SMILES string of the molecule is CC.CSCCCNc1nonc1-c1noc(=O)n1-c1ccc(F)c(Br)c1. The Morgan fingerprint density at radius 1 is 1.30 bits per heavy atom. The van der Waals surface area contributed by atoms with Gasteiger partial charge in [0.1, 0.15) is 5.82 Å². The number of aromatic nitrogens is 4. The number of thioether (sulfide) groups is 1. The molecule has 0 bridgehead atoms. The van der Waals surface area contributed by atoms with Gasteiger partial charge < -0.3 is 5.32 Å². The molecule has 0 saturated heterocycles. The highest BCUT2D eigenvalue weighted by Gasteiger charge is 2.22. The number of halogens is 2. The van der Waals surface area contributed by atoms with E-state index in [1.54, 1.807) is 11.8 Å². The van der Waals surface area contributed by atoms with E-state index in [-0.39, 0.29) is 16.0 Å². The Hall–Kier alpha value is -2.14. The summed E-state index contributed by atoms with van der Waals surface area (Å²) in [4.78, 5) is 12.1. The predicted octanol–water partition coefficient (Wildman–Crippen LogP) is 3.97. The van der Waals surface area contributed by atoms with Gasteiger partial charge >= 0.3 is 5.76 Å². The number of benzene rings is 1. The van der Waals surface area contributed by atoms with Crippen LogP contribution >= 0.6 is 27.7 Å². The smallest absolute Gasteiger partial charge is 0.365 e. The molecule has 0 amide bonds. The monoisotopic (exact) mass is 459 g/mol. The molecule has 8 nitrogen and oxygen atoms in total. The number of hydrogen-bond donors (Lipinski definition) is 1. The standard InChI is InChI=1S/C14H13BrFN5O3S.C2H6/c1-25-6-2-5-17-12-11(18-24-19-12)13-20-23-14(22)21(13)8-3-4-10(16)9(15)7-8;1-2/h3-4,7H,2,5-6H2,1H3,(H,17,19);1-2H3. The van der Waals surface area contributed by atoms with Gasteiger partial charge in [-0.15, -0.1) is 0 Å². The highest BCUT2D eigenvalue weighted by molar-refractivity contribution is 9.10. The van der Waals surface area contributed by atoms with Gasteiger partial charge in [-0.2, -0.15) is 11.8 Å². The molecular weight excluding hydrogens is 441 g/mol. The van der Waals surface area contributed by atoms with E-state index in [0.29, 0.717) is 18.1 Å². The van der Waals surface area contributed by atoms with Gasteiger partial charge in [-0.05, 0) is 62.9 Å². The summed E-state index contributed by atoms with van der Waals surface area (Å²) in [6, 6.07) is 4.10. The van der Waals surface area contributed by atoms with Gasteiger partial charge in [0.2, 0.25) is 11.6 Å². The van der Waals surface area contributed by atoms with Gasteiger partial charge in [0.05, 0.1) is 10.2 Å². The minimum Gasteiger partial charge on any atom is -0.365 e. The first-order valence-electron chi connectivity index (χ1n) is 8.21. The second-order valence-electron chi connectivity index (χ2n) is 4.94. The maximum atomic E-state index is 13.5. The molecule has 2 heterocycles. The summed E-state index contributed by atoms with van der Waals surface area (Å²) in [5.74, 6) is 0.270. The fourth-order valence-electron chi connectivity index (χ4n) is 2.13. The first-order valence-corrected chi connectivity index (χ1v) is 10.4. The molecule has 11 heteroatoms. The fourth-order valence-corrected chi connectivity index (χ4v) is 2.93. The van der Waals surface area contributed by atoms with Gasteiger partial charge in [0.25, 0.3) is 0 Å². The second kappa shape index (κ2) is 10.3. The number of anilines is 1. The molecule has 0 radical (unpaired) electrons. The highest BCUT2D eigenvalue weighted by atomic mass is 79.9. The van der Waals surface area contributed by atoms with Gasteiger partial charge in [0.15, 0.2) is 5.69 Å². The molecule has 0 saturated carbocycles. The maximum absolute atomic E-state index is 13.5. The van der Waals surface area contributed by atoms with Gasteiger partial charge in [-0.25, -0.2) is 18.4 Å². The van der Waals surface area contributed by atoms with Crippen LogP contribution in [0.4, 0.5) is 10.2 Å². The van der Waals surface area contributed by atoms with Crippen molar-refractivity contribution in [1.82, 2.24) is 20.0 Å². The lowest BCUT2D eigenvalue weighted by Gasteiger charge is -2.05. The minimum absolute atomic E-state index is 0.108. The third-order valence-corrected chi connectivity index (χ3v) is 4.59. The highest BCUT2D eigenvalue weighted by Crippen LogP contribution is 2.26. The van der Waals surface area contributed by atoms with E-state index < -0.39 is 11.6 Å². The molecular formula is C16H19BrFN5O3S. The zero-order valence-corrected chi connectivity index (χ0v) is 17.4. The number of nitrogens with one attached hydrogen (secondary N) is 1. The van der Waals surface area contributed by atoms with Crippen LogP contribution in [0.2, 0.25) is 0 Å². The van der Waals surface area contributed by atoms with Crippen LogP contribution in [0.5, 0.6) is 0 Å². The minimum atomic E-state index is -0.732. The molecule has 0 aliphatic carbocycles. The van der Waals surface area contributed by atoms with E-state index in [9.17, 15) is 9.18 Å². The summed E-state index contributed by atoms with van der Waals surface area (Å²) in [5.41, 5.74) is 0.598. The molecule has 2 aromatic heterocycles. The maximum Gasteiger partial charge on any atom is 0.446 e. The van der Waals surface area contributed by atoms with Gasteiger partial charge in [-0.1, -0.05) is 19.0 Å². The van der Waals surface area contributed by atoms with Crippen LogP contribution in [-0.2, 0) is 0 Å². The molecule has 0 aliphatic heterocycles. The van der Waals surface area contributed by atoms with Crippen molar-refractivity contribution in [3.05, 3.63) is 39.0 Å². The third kappa shape index (κ3) is 4.98. The van der Waals surface area contributed by atoms with E-state index in [0.717, 1.165) is 16.7 Å². The summed E-state index contributed by atoms with van der Waals surface area (Å²) in [6.45, 7) is 4.66. The second-order valence-corrected chi connectivity index (χ2v) is 6.78. The van der Waals surface area contributed by atoms with Crippen LogP contribution in [0.25, 0.3) is 17.2 Å². The molecule has 3 rings (SSSR count). The summed E-state index contributed by atoms with van der Waals surface area (Å²) in [5, 5.41) is 14.4. The van der Waals surface area contributed by atoms with Gasteiger partial charge in [-0.3, -0.25) is 4.52 Å². The van der Waals surface area contributed by atoms with E-state index in [2.05, 4.69) is 36.7 Å². The summed E-state index contributed by atoms with van der Waals surface area (Å²) in [7, 11) is 0. The Labute approximate surface area is 167 Å². The molecule has 0 atom stereocenters. The Morgan fingerprint density at radius 3 is 2.78 bits per heavy atom. The van der Waals surface area contributed by atoms with E-state index >= 15 is 0 Å². The number of nitrogens with zero attached hydrogens (tertiary/aromatic N) is 4. The lowest BCUT2D eigenvalue weighted by Crippen LogP contribution is -2.14. The quantitative estimate of drug-likeness (QED) is 0.529. The number of hydrogen-bond acceptors (Lipinski definition) is 8. The molecule has 3 aromatic rings. The molecule has 0 unspecified atom stereocenters. The normalized spacial score (nSPS) is 10.4. The van der Waals surface area contributed by atoms with Crippen LogP contribution in [0, 0.1) is 5.82 Å². The van der Waals surface area contributed by atoms with Crippen molar-refractivity contribution in [2.75, 3.05) is 23.9 Å². The van der Waals surface area contributed by atoms with Crippen LogP contribution in [0.1, 0.15) is 20.3 Å². The fraction of sp³-hybridized carbons (Fsp3) is 0.375. The topological polar surface area (TPSA) is 99.0 Å². The molecule has 0 fully saturated rings. The molecule has 27 heavy (non-hydrogen) atoms. The predicted molar refractivity (Wildman–Crippen MR) is 106 cm³/mol. The molecule has 0 spiro atoms. The van der Waals surface area contributed by atoms with Crippen LogP contribution in [-0.4, -0.2) is 38.6 Å². The molecule has 146 valence electrons. The van der Waals surface area contributed by atoms with Crippen molar-refractivity contribution >= 4 is 33.5 Å². The Kier molecular flexibility index (Phi) is 8.04. The molecule has 1 aromatic carbocycles. The van der Waals surface area contributed by atoms with Crippen molar-refractivity contribution in [2.24, 2.45) is 0 Å². The van der Waals surface area contributed by atoms with Crippen molar-refractivity contribution in [1.29, 1.82) is 0 Å². The van der Waals surface area contributed by atoms with Crippen molar-refractivity contribution in [2.45, 2.75) is 20.3 Å². The Balaban J connectivity index is 0.00000126. The van der Waals surface area contributed by atoms with Crippen molar-refractivity contribution in [3.8, 4) is 17.2 Å². The first kappa shape index (κ1) is 21.2. The summed E-state index contributed by atoms with van der Waals surface area (Å²) in [6.07, 6.45) is 2.95. The lowest BCUT2D eigenvalue weighted by molar-refractivity contribution is 0.309. The Bertz CT molecular complexity index is 927. The summed E-state index contributed by atoms with van der Waals surface area (Å²) < 4.78 is 24.3. The molecule has 0 aliphatic rings.